The second-order valence-corrected chi connectivity index (χ2v) is 4.87. The van der Waals surface area contributed by atoms with E-state index in [1.165, 1.54) is 28.8 Å². The average Bonchev–Trinajstić information content (AvgIpc) is 2.68. The Labute approximate surface area is 94.7 Å². The fraction of sp³-hybridized carbons (Fsp3) is 0.417. The Kier molecular flexibility index (Phi) is 3.67. The Morgan fingerprint density at radius 2 is 2.20 bits per heavy atom. The molecule has 15 heavy (non-hydrogen) atoms. The molecule has 0 aliphatic heterocycles. The van der Waals surface area contributed by atoms with Crippen molar-refractivity contribution in [2.24, 2.45) is 0 Å². The molecule has 0 amide bonds. The molecule has 1 aromatic carbocycles. The van der Waals surface area contributed by atoms with E-state index >= 15 is 0 Å². The molecule has 0 bridgehead atoms. The average molecular weight is 220 g/mol. The van der Waals surface area contributed by atoms with E-state index in [4.69, 9.17) is 0 Å². The van der Waals surface area contributed by atoms with Crippen LogP contribution in [0.25, 0.3) is 10.9 Å². The molecule has 0 saturated carbocycles. The third kappa shape index (κ3) is 2.53. The minimum absolute atomic E-state index is 1.03. The van der Waals surface area contributed by atoms with Gasteiger partial charge in [0.2, 0.25) is 0 Å². The third-order valence-corrected chi connectivity index (χ3v) is 3.40. The van der Waals surface area contributed by atoms with Crippen LogP contribution in [0.4, 0.5) is 0 Å². The van der Waals surface area contributed by atoms with Gasteiger partial charge in [0.05, 0.1) is 11.7 Å². The van der Waals surface area contributed by atoms with Gasteiger partial charge in [-0.1, -0.05) is 25.1 Å². The van der Waals surface area contributed by atoms with Crippen LogP contribution >= 0.6 is 11.8 Å². The summed E-state index contributed by atoms with van der Waals surface area (Å²) in [6, 6.07) is 8.37. The number of rotatable bonds is 5. The summed E-state index contributed by atoms with van der Waals surface area (Å²) in [5.41, 5.74) is 1.25. The van der Waals surface area contributed by atoms with Crippen LogP contribution in [0.1, 0.15) is 13.3 Å². The van der Waals surface area contributed by atoms with Gasteiger partial charge in [-0.15, -0.1) is 0 Å². The number of hydrogen-bond donors (Lipinski definition) is 0. The lowest BCUT2D eigenvalue weighted by Crippen LogP contribution is -2.00. The maximum absolute atomic E-state index is 4.40. The van der Waals surface area contributed by atoms with Crippen LogP contribution in [0.15, 0.2) is 30.5 Å². The van der Waals surface area contributed by atoms with Gasteiger partial charge in [0.1, 0.15) is 0 Å². The lowest BCUT2D eigenvalue weighted by atomic mass is 10.2. The molecule has 1 heterocycles. The molecule has 0 saturated heterocycles. The van der Waals surface area contributed by atoms with E-state index in [2.05, 4.69) is 41.0 Å². The second-order valence-electron chi connectivity index (χ2n) is 3.48. The highest BCUT2D eigenvalue weighted by molar-refractivity contribution is 7.99. The summed E-state index contributed by atoms with van der Waals surface area (Å²) in [7, 11) is 0. The first-order chi connectivity index (χ1) is 7.42. The smallest absolute Gasteiger partial charge is 0.0682 e. The van der Waals surface area contributed by atoms with E-state index in [1.54, 1.807) is 0 Å². The largest absolute Gasteiger partial charge is 0.265 e. The van der Waals surface area contributed by atoms with E-state index in [0.29, 0.717) is 0 Å². The van der Waals surface area contributed by atoms with Gasteiger partial charge in [0.15, 0.2) is 0 Å². The molecular formula is C12H16N2S. The van der Waals surface area contributed by atoms with Crippen LogP contribution in [0.5, 0.6) is 0 Å². The zero-order valence-corrected chi connectivity index (χ0v) is 9.83. The van der Waals surface area contributed by atoms with Crippen molar-refractivity contribution in [1.29, 1.82) is 0 Å². The molecule has 0 atom stereocenters. The second kappa shape index (κ2) is 5.21. The van der Waals surface area contributed by atoms with Gasteiger partial charge >= 0.3 is 0 Å². The molecule has 80 valence electrons. The molecule has 0 unspecified atom stereocenters. The van der Waals surface area contributed by atoms with E-state index < -0.39 is 0 Å². The van der Waals surface area contributed by atoms with Crippen LogP contribution in [0, 0.1) is 0 Å². The van der Waals surface area contributed by atoms with Gasteiger partial charge in [-0.05, 0) is 24.0 Å². The molecule has 0 aliphatic carbocycles. The first-order valence-corrected chi connectivity index (χ1v) is 6.55. The van der Waals surface area contributed by atoms with Crippen molar-refractivity contribution >= 4 is 22.7 Å². The molecule has 1 aromatic heterocycles. The minimum atomic E-state index is 1.03. The summed E-state index contributed by atoms with van der Waals surface area (Å²) in [4.78, 5) is 0. The van der Waals surface area contributed by atoms with Crippen molar-refractivity contribution < 1.29 is 0 Å². The number of hydrogen-bond acceptors (Lipinski definition) is 2. The van der Waals surface area contributed by atoms with Crippen LogP contribution in [-0.2, 0) is 6.54 Å². The summed E-state index contributed by atoms with van der Waals surface area (Å²) < 4.78 is 2.10. The van der Waals surface area contributed by atoms with Crippen LogP contribution < -0.4 is 0 Å². The Morgan fingerprint density at radius 1 is 1.33 bits per heavy atom. The normalized spacial score (nSPS) is 11.0. The SMILES string of the molecule is CCSCCCn1ncc2ccccc21. The van der Waals surface area contributed by atoms with Gasteiger partial charge < -0.3 is 0 Å². The fourth-order valence-corrected chi connectivity index (χ4v) is 2.29. The first-order valence-electron chi connectivity index (χ1n) is 5.40. The van der Waals surface area contributed by atoms with E-state index in [-0.39, 0.29) is 0 Å². The summed E-state index contributed by atoms with van der Waals surface area (Å²) in [6.07, 6.45) is 3.15. The standard InChI is InChI=1S/C12H16N2S/c1-2-15-9-5-8-14-12-7-4-3-6-11(12)10-13-14/h3-4,6-7,10H,2,5,8-9H2,1H3. The molecule has 0 fully saturated rings. The highest BCUT2D eigenvalue weighted by atomic mass is 32.2. The van der Waals surface area contributed by atoms with Crippen LogP contribution in [0.3, 0.4) is 0 Å². The Bertz CT molecular complexity index is 422. The summed E-state index contributed by atoms with van der Waals surface area (Å²) in [5.74, 6) is 2.44. The maximum atomic E-state index is 4.40. The van der Waals surface area contributed by atoms with Gasteiger partial charge in [0.25, 0.3) is 0 Å². The third-order valence-electron chi connectivity index (χ3n) is 2.41. The minimum Gasteiger partial charge on any atom is -0.265 e. The molecule has 3 heteroatoms. The summed E-state index contributed by atoms with van der Waals surface area (Å²) in [5, 5.41) is 5.64. The molecule has 2 nitrogen and oxygen atoms in total. The van der Waals surface area contributed by atoms with E-state index in [0.717, 1.165) is 6.54 Å². The van der Waals surface area contributed by atoms with Crippen molar-refractivity contribution in [1.82, 2.24) is 9.78 Å². The Morgan fingerprint density at radius 3 is 3.07 bits per heavy atom. The number of benzene rings is 1. The molecule has 2 aromatic rings. The molecular weight excluding hydrogens is 204 g/mol. The molecule has 0 spiro atoms. The van der Waals surface area contributed by atoms with Gasteiger partial charge in [-0.3, -0.25) is 4.68 Å². The van der Waals surface area contributed by atoms with Crippen LogP contribution in [-0.4, -0.2) is 21.3 Å². The monoisotopic (exact) mass is 220 g/mol. The van der Waals surface area contributed by atoms with Gasteiger partial charge in [-0.25, -0.2) is 0 Å². The maximum Gasteiger partial charge on any atom is 0.0682 e. The Balaban J connectivity index is 2.02. The number of fused-ring (bicyclic) bond motifs is 1. The lowest BCUT2D eigenvalue weighted by molar-refractivity contribution is 0.626. The van der Waals surface area contributed by atoms with Crippen molar-refractivity contribution in [2.45, 2.75) is 19.9 Å². The zero-order chi connectivity index (χ0) is 10.5. The van der Waals surface area contributed by atoms with Crippen molar-refractivity contribution in [2.75, 3.05) is 11.5 Å². The highest BCUT2D eigenvalue weighted by Crippen LogP contribution is 2.13. The summed E-state index contributed by atoms with van der Waals surface area (Å²) in [6.45, 7) is 3.23. The number of aromatic nitrogens is 2. The number of nitrogens with zero attached hydrogens (tertiary/aromatic N) is 2. The lowest BCUT2D eigenvalue weighted by Gasteiger charge is -2.02. The topological polar surface area (TPSA) is 17.8 Å². The molecule has 0 aliphatic rings. The zero-order valence-electron chi connectivity index (χ0n) is 9.02. The number of thioether (sulfide) groups is 1. The Hall–Kier alpha value is -0.960. The summed E-state index contributed by atoms with van der Waals surface area (Å²) >= 11 is 1.99. The predicted molar refractivity (Wildman–Crippen MR) is 67.3 cm³/mol. The van der Waals surface area contributed by atoms with Crippen LogP contribution in [0.2, 0.25) is 0 Å². The first kappa shape index (κ1) is 10.6. The van der Waals surface area contributed by atoms with Crippen molar-refractivity contribution in [3.05, 3.63) is 30.5 Å². The number of aryl methyl sites for hydroxylation is 1. The number of para-hydroxylation sites is 1. The fourth-order valence-electron chi connectivity index (χ4n) is 1.66. The molecule has 0 N–H and O–H groups in total. The van der Waals surface area contributed by atoms with Gasteiger partial charge in [-0.2, -0.15) is 16.9 Å². The van der Waals surface area contributed by atoms with E-state index in [1.807, 2.05) is 18.0 Å². The predicted octanol–water partition coefficient (Wildman–Crippen LogP) is 3.18. The molecule has 2 rings (SSSR count). The van der Waals surface area contributed by atoms with Crippen molar-refractivity contribution in [3.63, 3.8) is 0 Å². The highest BCUT2D eigenvalue weighted by Gasteiger charge is 2.00. The van der Waals surface area contributed by atoms with Crippen molar-refractivity contribution in [3.8, 4) is 0 Å². The van der Waals surface area contributed by atoms with Gasteiger partial charge in [0, 0.05) is 11.9 Å². The quantitative estimate of drug-likeness (QED) is 0.720. The molecule has 0 radical (unpaired) electrons. The van der Waals surface area contributed by atoms with E-state index in [9.17, 15) is 0 Å².